The van der Waals surface area contributed by atoms with Crippen LogP contribution in [0.5, 0.6) is 11.5 Å². The molecule has 6 atom stereocenters. The van der Waals surface area contributed by atoms with Crippen LogP contribution in [0.4, 0.5) is 0 Å². The fraction of sp³-hybridized carbons (Fsp3) is 0.390. The predicted molar refractivity (Wildman–Crippen MR) is 214 cm³/mol. The molecule has 0 aliphatic carbocycles. The number of likely N-dealkylation sites (tertiary alicyclic amines) is 1. The Bertz CT molecular complexity index is 1930. The van der Waals surface area contributed by atoms with Gasteiger partial charge < -0.3 is 57.9 Å². The summed E-state index contributed by atoms with van der Waals surface area (Å²) in [5, 5.41) is 32.0. The van der Waals surface area contributed by atoms with Crippen LogP contribution in [-0.2, 0) is 52.8 Å². The number of carbonyl (C=O) groups excluding carboxylic acids is 7. The summed E-state index contributed by atoms with van der Waals surface area (Å²) in [7, 11) is 1.54. The second-order valence-corrected chi connectivity index (χ2v) is 14.2. The minimum Gasteiger partial charge on any atom is -0.508 e. The molecule has 7 amide bonds. The van der Waals surface area contributed by atoms with Gasteiger partial charge in [0.2, 0.25) is 41.4 Å². The molecule has 1 aliphatic heterocycles. The number of phenolic OH excluding ortho intramolecular Hbond substituents is 1. The van der Waals surface area contributed by atoms with Crippen LogP contribution < -0.4 is 42.8 Å². The summed E-state index contributed by atoms with van der Waals surface area (Å²) in [6.45, 7) is 0.261. The van der Waals surface area contributed by atoms with Crippen molar-refractivity contribution >= 4 is 41.4 Å². The third-order valence-electron chi connectivity index (χ3n) is 9.73. The Morgan fingerprint density at radius 1 is 0.763 bits per heavy atom. The van der Waals surface area contributed by atoms with Gasteiger partial charge in [0.25, 0.3) is 0 Å². The van der Waals surface area contributed by atoms with Crippen LogP contribution in [0.3, 0.4) is 0 Å². The molecule has 18 heteroatoms. The molecule has 316 valence electrons. The fourth-order valence-corrected chi connectivity index (χ4v) is 6.43. The lowest BCUT2D eigenvalue weighted by Crippen LogP contribution is -2.58. The Morgan fingerprint density at radius 3 is 2.00 bits per heavy atom. The van der Waals surface area contributed by atoms with Crippen LogP contribution in [0.1, 0.15) is 36.5 Å². The number of phenols is 1. The van der Waals surface area contributed by atoms with E-state index in [0.29, 0.717) is 23.3 Å². The van der Waals surface area contributed by atoms with E-state index in [-0.39, 0.29) is 38.0 Å². The number of hydrogen-bond acceptors (Lipinski definition) is 11. The fourth-order valence-electron chi connectivity index (χ4n) is 6.43. The molecule has 0 unspecified atom stereocenters. The summed E-state index contributed by atoms with van der Waals surface area (Å²) < 4.78 is 5.15. The van der Waals surface area contributed by atoms with E-state index in [1.54, 1.807) is 66.7 Å². The first-order chi connectivity index (χ1) is 28.2. The van der Waals surface area contributed by atoms with Gasteiger partial charge in [-0.2, -0.15) is 0 Å². The van der Waals surface area contributed by atoms with Crippen molar-refractivity contribution in [3.63, 3.8) is 0 Å². The molecule has 11 N–H and O–H groups in total. The van der Waals surface area contributed by atoms with Crippen molar-refractivity contribution in [2.75, 3.05) is 26.8 Å². The zero-order valence-corrected chi connectivity index (χ0v) is 32.9. The van der Waals surface area contributed by atoms with Crippen LogP contribution in [0, 0.1) is 0 Å². The van der Waals surface area contributed by atoms with Crippen molar-refractivity contribution in [2.45, 2.75) is 75.3 Å². The van der Waals surface area contributed by atoms with Gasteiger partial charge in [-0.05, 0) is 67.1 Å². The third-order valence-corrected chi connectivity index (χ3v) is 9.73. The molecule has 1 aliphatic rings. The van der Waals surface area contributed by atoms with E-state index >= 15 is 0 Å². The molecule has 0 saturated carbocycles. The smallest absolute Gasteiger partial charge is 0.246 e. The number of carbonyl (C=O) groups is 7. The first-order valence-corrected chi connectivity index (χ1v) is 19.1. The van der Waals surface area contributed by atoms with Crippen LogP contribution in [-0.4, -0.2) is 120 Å². The van der Waals surface area contributed by atoms with Gasteiger partial charge in [0.15, 0.2) is 0 Å². The maximum atomic E-state index is 14.0. The van der Waals surface area contributed by atoms with Crippen molar-refractivity contribution in [2.24, 2.45) is 11.5 Å². The van der Waals surface area contributed by atoms with Crippen molar-refractivity contribution < 1.29 is 48.5 Å². The molecular weight excluding hydrogens is 764 g/mol. The van der Waals surface area contributed by atoms with Gasteiger partial charge in [-0.15, -0.1) is 0 Å². The lowest BCUT2D eigenvalue weighted by atomic mass is 10.0. The number of nitrogens with two attached hydrogens (primary N) is 2. The highest BCUT2D eigenvalue weighted by Gasteiger charge is 2.39. The lowest BCUT2D eigenvalue weighted by Gasteiger charge is -2.29. The zero-order chi connectivity index (χ0) is 43.1. The Hall–Kier alpha value is -6.53. The quantitative estimate of drug-likeness (QED) is 0.0620. The van der Waals surface area contributed by atoms with Gasteiger partial charge in [0, 0.05) is 19.4 Å². The molecule has 0 radical (unpaired) electrons. The van der Waals surface area contributed by atoms with Crippen LogP contribution in [0.2, 0.25) is 0 Å². The number of amides is 7. The summed E-state index contributed by atoms with van der Waals surface area (Å²) in [6, 6.07) is 14.9. The molecule has 0 spiro atoms. The Balaban J connectivity index is 1.42. The molecule has 18 nitrogen and oxygen atoms in total. The van der Waals surface area contributed by atoms with E-state index in [4.69, 9.17) is 16.2 Å². The van der Waals surface area contributed by atoms with Crippen LogP contribution >= 0.6 is 0 Å². The maximum Gasteiger partial charge on any atom is 0.246 e. The second-order valence-electron chi connectivity index (χ2n) is 14.2. The number of aromatic hydroxyl groups is 1. The summed E-state index contributed by atoms with van der Waals surface area (Å²) in [5.41, 5.74) is 13.4. The molecule has 1 heterocycles. The van der Waals surface area contributed by atoms with E-state index < -0.39 is 90.8 Å². The average Bonchev–Trinajstić information content (AvgIpc) is 3.73. The number of hydrogen-bond donors (Lipinski definition) is 9. The number of rotatable bonds is 20. The molecule has 3 aromatic carbocycles. The molecule has 1 saturated heterocycles. The number of aliphatic hydroxyl groups is 1. The topological polar surface area (TPSA) is 285 Å². The van der Waals surface area contributed by atoms with Gasteiger partial charge in [0.05, 0.1) is 26.3 Å². The van der Waals surface area contributed by atoms with Gasteiger partial charge in [-0.1, -0.05) is 54.6 Å². The molecule has 0 bridgehead atoms. The normalized spacial score (nSPS) is 16.0. The number of primary amides is 1. The third kappa shape index (κ3) is 13.5. The largest absolute Gasteiger partial charge is 0.508 e. The highest BCUT2D eigenvalue weighted by atomic mass is 16.5. The van der Waals surface area contributed by atoms with Crippen LogP contribution in [0.15, 0.2) is 78.9 Å². The zero-order valence-electron chi connectivity index (χ0n) is 32.9. The summed E-state index contributed by atoms with van der Waals surface area (Å²) in [4.78, 5) is 93.2. The van der Waals surface area contributed by atoms with Crippen molar-refractivity contribution in [3.8, 4) is 11.5 Å². The van der Waals surface area contributed by atoms with Crippen molar-refractivity contribution in [1.82, 2.24) is 31.5 Å². The second kappa shape index (κ2) is 21.8. The molecule has 59 heavy (non-hydrogen) atoms. The van der Waals surface area contributed by atoms with Gasteiger partial charge >= 0.3 is 0 Å². The minimum atomic E-state index is -1.36. The SMILES string of the molecule is COc1ccc(C[C@H](N)C(=O)N[C@@H](C)C(=O)N[C@@H](Cc2ccccc2)C(=O)NCC(=O)N[C@@H](Cc2ccc(O)cc2)C(=O)N2CCC[C@H]2C(=O)N[C@@H](CO)C(N)=O)cc1. The molecule has 0 aromatic heterocycles. The number of ether oxygens (including phenoxy) is 1. The van der Waals surface area contributed by atoms with Gasteiger partial charge in [-0.25, -0.2) is 0 Å². The van der Waals surface area contributed by atoms with Gasteiger partial charge in [0.1, 0.15) is 41.7 Å². The van der Waals surface area contributed by atoms with Gasteiger partial charge in [-0.3, -0.25) is 33.6 Å². The number of benzene rings is 3. The number of aliphatic hydroxyl groups excluding tert-OH is 1. The van der Waals surface area contributed by atoms with Crippen molar-refractivity contribution in [1.29, 1.82) is 0 Å². The van der Waals surface area contributed by atoms with E-state index in [2.05, 4.69) is 26.6 Å². The maximum absolute atomic E-state index is 14.0. The molecule has 1 fully saturated rings. The Kier molecular flexibility index (Phi) is 16.7. The number of nitrogens with zero attached hydrogens (tertiary/aromatic N) is 1. The summed E-state index contributed by atoms with van der Waals surface area (Å²) >= 11 is 0. The Labute approximate surface area is 341 Å². The predicted octanol–water partition coefficient (Wildman–Crippen LogP) is -1.70. The van der Waals surface area contributed by atoms with E-state index in [0.717, 1.165) is 5.56 Å². The number of methoxy groups -OCH3 is 1. The van der Waals surface area contributed by atoms with E-state index in [1.807, 2.05) is 0 Å². The average molecular weight is 817 g/mol. The lowest BCUT2D eigenvalue weighted by molar-refractivity contribution is -0.142. The Morgan fingerprint density at radius 2 is 1.37 bits per heavy atom. The molecular formula is C41H52N8O10. The molecule has 3 aromatic rings. The molecule has 4 rings (SSSR count). The minimum absolute atomic E-state index is 0.0187. The summed E-state index contributed by atoms with van der Waals surface area (Å²) in [5.74, 6) is -4.40. The van der Waals surface area contributed by atoms with E-state index in [9.17, 15) is 43.8 Å². The van der Waals surface area contributed by atoms with Crippen molar-refractivity contribution in [3.05, 3.63) is 95.6 Å². The first kappa shape index (κ1) is 45.2. The first-order valence-electron chi connectivity index (χ1n) is 19.1. The summed E-state index contributed by atoms with van der Waals surface area (Å²) in [6.07, 6.45) is 0.864. The monoisotopic (exact) mass is 816 g/mol. The highest BCUT2D eigenvalue weighted by Crippen LogP contribution is 2.21. The number of nitrogens with one attached hydrogen (secondary N) is 5. The standard InChI is InChI=1S/C41H52N8O10/c1-24(45-38(55)30(42)19-26-12-16-29(59-2)17-13-26)37(54)47-31(20-25-7-4-3-5-8-25)39(56)44-22-35(52)46-32(21-27-10-14-28(51)15-11-27)41(58)49-18-6-9-34(49)40(57)48-33(23-50)36(43)53/h3-5,7-8,10-17,24,30-34,50-51H,6,9,18-23,42H2,1-2H3,(H2,43,53)(H,44,56)(H,45,55)(H,46,52)(H,47,54)(H,48,57)/t24-,30-,31-,32-,33-,34-/m0/s1. The van der Waals surface area contributed by atoms with Crippen LogP contribution in [0.25, 0.3) is 0 Å². The highest BCUT2D eigenvalue weighted by molar-refractivity contribution is 5.96. The van der Waals surface area contributed by atoms with E-state index in [1.165, 1.54) is 31.1 Å².